The van der Waals surface area contributed by atoms with Crippen LogP contribution in [0.4, 0.5) is 0 Å². The summed E-state index contributed by atoms with van der Waals surface area (Å²) in [6.45, 7) is 0. The van der Waals surface area contributed by atoms with E-state index in [1.165, 1.54) is 0 Å². The quantitative estimate of drug-likeness (QED) is 0.702. The van der Waals surface area contributed by atoms with Crippen LogP contribution in [0.25, 0.3) is 16.6 Å². The van der Waals surface area contributed by atoms with Crippen molar-refractivity contribution in [1.29, 1.82) is 0 Å². The standard InChI is InChI=1S/C15H10INO2/c16-11-5-3-4-10(8-11)12-9-17-7-2-1-6-13(17)14(12)15(18)19/h1-9H,(H,18,19). The molecule has 0 fully saturated rings. The molecule has 0 unspecified atom stereocenters. The van der Waals surface area contributed by atoms with Crippen molar-refractivity contribution in [2.75, 3.05) is 0 Å². The van der Waals surface area contributed by atoms with E-state index >= 15 is 0 Å². The first-order valence-electron chi connectivity index (χ1n) is 5.76. The van der Waals surface area contributed by atoms with Crippen molar-refractivity contribution in [3.8, 4) is 11.1 Å². The molecule has 0 bridgehead atoms. The molecular weight excluding hydrogens is 353 g/mol. The van der Waals surface area contributed by atoms with Gasteiger partial charge in [0, 0.05) is 21.5 Å². The van der Waals surface area contributed by atoms with Gasteiger partial charge >= 0.3 is 5.97 Å². The van der Waals surface area contributed by atoms with E-state index in [-0.39, 0.29) is 0 Å². The lowest BCUT2D eigenvalue weighted by molar-refractivity contribution is 0.0700. The highest BCUT2D eigenvalue weighted by molar-refractivity contribution is 14.1. The Morgan fingerprint density at radius 3 is 2.74 bits per heavy atom. The number of pyridine rings is 1. The molecule has 0 aliphatic rings. The molecular formula is C15H10INO2. The summed E-state index contributed by atoms with van der Waals surface area (Å²) in [5.41, 5.74) is 2.73. The van der Waals surface area contributed by atoms with Crippen molar-refractivity contribution < 1.29 is 9.90 Å². The van der Waals surface area contributed by atoms with Crippen LogP contribution in [0.15, 0.2) is 54.9 Å². The molecule has 0 saturated carbocycles. The van der Waals surface area contributed by atoms with Crippen molar-refractivity contribution in [3.63, 3.8) is 0 Å². The van der Waals surface area contributed by atoms with E-state index in [1.807, 2.05) is 59.3 Å². The number of aromatic carboxylic acids is 1. The summed E-state index contributed by atoms with van der Waals surface area (Å²) in [4.78, 5) is 11.5. The summed E-state index contributed by atoms with van der Waals surface area (Å²) in [7, 11) is 0. The van der Waals surface area contributed by atoms with E-state index in [2.05, 4.69) is 22.6 Å². The maximum Gasteiger partial charge on any atom is 0.338 e. The summed E-state index contributed by atoms with van der Waals surface area (Å²) >= 11 is 2.23. The van der Waals surface area contributed by atoms with Crippen LogP contribution < -0.4 is 0 Å². The lowest BCUT2D eigenvalue weighted by atomic mass is 10.0. The first-order chi connectivity index (χ1) is 9.16. The van der Waals surface area contributed by atoms with E-state index in [1.54, 1.807) is 0 Å². The Morgan fingerprint density at radius 1 is 1.16 bits per heavy atom. The number of nitrogens with zero attached hydrogens (tertiary/aromatic N) is 1. The van der Waals surface area contributed by atoms with E-state index in [4.69, 9.17) is 0 Å². The summed E-state index contributed by atoms with van der Waals surface area (Å²) in [5, 5.41) is 9.47. The predicted molar refractivity (Wildman–Crippen MR) is 82.5 cm³/mol. The second kappa shape index (κ2) is 4.70. The van der Waals surface area contributed by atoms with Crippen LogP contribution in [-0.2, 0) is 0 Å². The molecule has 2 aromatic heterocycles. The SMILES string of the molecule is O=C(O)c1c(-c2cccc(I)c2)cn2ccccc12. The topological polar surface area (TPSA) is 41.7 Å². The molecule has 3 aromatic rings. The highest BCUT2D eigenvalue weighted by atomic mass is 127. The van der Waals surface area contributed by atoms with Crippen LogP contribution in [0.1, 0.15) is 10.4 Å². The average Bonchev–Trinajstić information content (AvgIpc) is 2.78. The van der Waals surface area contributed by atoms with Gasteiger partial charge in [-0.3, -0.25) is 0 Å². The van der Waals surface area contributed by atoms with E-state index in [0.29, 0.717) is 11.1 Å². The van der Waals surface area contributed by atoms with Crippen molar-refractivity contribution >= 4 is 34.1 Å². The Labute approximate surface area is 123 Å². The monoisotopic (exact) mass is 363 g/mol. The summed E-state index contributed by atoms with van der Waals surface area (Å²) in [5.74, 6) is -0.900. The molecule has 3 rings (SSSR count). The zero-order chi connectivity index (χ0) is 13.4. The minimum Gasteiger partial charge on any atom is -0.478 e. The first-order valence-corrected chi connectivity index (χ1v) is 6.83. The van der Waals surface area contributed by atoms with E-state index < -0.39 is 5.97 Å². The fourth-order valence-electron chi connectivity index (χ4n) is 2.22. The number of rotatable bonds is 2. The van der Waals surface area contributed by atoms with Crippen LogP contribution in [0.3, 0.4) is 0 Å². The van der Waals surface area contributed by atoms with Gasteiger partial charge in [0.15, 0.2) is 0 Å². The average molecular weight is 363 g/mol. The third kappa shape index (κ3) is 2.12. The smallest absolute Gasteiger partial charge is 0.338 e. The van der Waals surface area contributed by atoms with Gasteiger partial charge in [-0.25, -0.2) is 4.79 Å². The lowest BCUT2D eigenvalue weighted by Crippen LogP contribution is -1.97. The number of hydrogen-bond acceptors (Lipinski definition) is 1. The molecule has 1 aromatic carbocycles. The van der Waals surface area contributed by atoms with Gasteiger partial charge < -0.3 is 9.51 Å². The van der Waals surface area contributed by atoms with Crippen LogP contribution in [0.2, 0.25) is 0 Å². The molecule has 0 spiro atoms. The fourth-order valence-corrected chi connectivity index (χ4v) is 2.76. The molecule has 2 heterocycles. The third-order valence-corrected chi connectivity index (χ3v) is 3.70. The van der Waals surface area contributed by atoms with Crippen LogP contribution in [0, 0.1) is 3.57 Å². The number of hydrogen-bond donors (Lipinski definition) is 1. The minimum absolute atomic E-state index is 0.350. The normalized spacial score (nSPS) is 10.8. The minimum atomic E-state index is -0.900. The number of aromatic nitrogens is 1. The Kier molecular flexibility index (Phi) is 3.02. The van der Waals surface area contributed by atoms with Crippen molar-refractivity contribution in [2.24, 2.45) is 0 Å². The number of carbonyl (C=O) groups is 1. The molecule has 94 valence electrons. The Bertz CT molecular complexity index is 777. The Balaban J connectivity index is 2.34. The molecule has 0 radical (unpaired) electrons. The second-order valence-corrected chi connectivity index (χ2v) is 5.47. The van der Waals surface area contributed by atoms with Gasteiger partial charge in [-0.15, -0.1) is 0 Å². The number of carboxylic acid groups (broad SMARTS) is 1. The number of carboxylic acids is 1. The number of halogens is 1. The molecule has 19 heavy (non-hydrogen) atoms. The zero-order valence-corrected chi connectivity index (χ0v) is 12.0. The maximum atomic E-state index is 11.5. The van der Waals surface area contributed by atoms with Gasteiger partial charge in [0.1, 0.15) is 0 Å². The van der Waals surface area contributed by atoms with Crippen molar-refractivity contribution in [1.82, 2.24) is 4.40 Å². The summed E-state index contributed by atoms with van der Waals surface area (Å²) in [6.07, 6.45) is 3.73. The molecule has 4 heteroatoms. The molecule has 0 amide bonds. The predicted octanol–water partition coefficient (Wildman–Crippen LogP) is 3.91. The molecule has 0 aliphatic carbocycles. The van der Waals surface area contributed by atoms with Crippen LogP contribution >= 0.6 is 22.6 Å². The second-order valence-electron chi connectivity index (χ2n) is 4.23. The molecule has 1 N–H and O–H groups in total. The van der Waals surface area contributed by atoms with Crippen molar-refractivity contribution in [3.05, 3.63) is 64.0 Å². The van der Waals surface area contributed by atoms with Gasteiger partial charge in [-0.1, -0.05) is 18.2 Å². The summed E-state index contributed by atoms with van der Waals surface area (Å²) in [6, 6.07) is 13.4. The first kappa shape index (κ1) is 12.2. The largest absolute Gasteiger partial charge is 0.478 e. The third-order valence-electron chi connectivity index (χ3n) is 3.03. The highest BCUT2D eigenvalue weighted by Gasteiger charge is 2.17. The molecule has 0 atom stereocenters. The molecule has 0 saturated heterocycles. The molecule has 3 nitrogen and oxygen atoms in total. The van der Waals surface area contributed by atoms with Gasteiger partial charge in [-0.05, 0) is 52.4 Å². The van der Waals surface area contributed by atoms with Gasteiger partial charge in [-0.2, -0.15) is 0 Å². The Morgan fingerprint density at radius 2 is 2.00 bits per heavy atom. The number of fused-ring (bicyclic) bond motifs is 1. The van der Waals surface area contributed by atoms with Gasteiger partial charge in [0.2, 0.25) is 0 Å². The lowest BCUT2D eigenvalue weighted by Gasteiger charge is -2.01. The van der Waals surface area contributed by atoms with Gasteiger partial charge in [0.05, 0.1) is 11.1 Å². The van der Waals surface area contributed by atoms with Gasteiger partial charge in [0.25, 0.3) is 0 Å². The van der Waals surface area contributed by atoms with Crippen molar-refractivity contribution in [2.45, 2.75) is 0 Å². The highest BCUT2D eigenvalue weighted by Crippen LogP contribution is 2.29. The zero-order valence-electron chi connectivity index (χ0n) is 9.88. The molecule has 0 aliphatic heterocycles. The number of benzene rings is 1. The maximum absolute atomic E-state index is 11.5. The Hall–Kier alpha value is -1.82. The fraction of sp³-hybridized carbons (Fsp3) is 0. The van der Waals surface area contributed by atoms with E-state index in [0.717, 1.165) is 14.7 Å². The van der Waals surface area contributed by atoms with E-state index in [9.17, 15) is 9.90 Å². The van der Waals surface area contributed by atoms with Crippen LogP contribution in [-0.4, -0.2) is 15.5 Å². The summed E-state index contributed by atoms with van der Waals surface area (Å²) < 4.78 is 2.93. The van der Waals surface area contributed by atoms with Crippen LogP contribution in [0.5, 0.6) is 0 Å².